The zero-order chi connectivity index (χ0) is 19.6. The second-order valence-corrected chi connectivity index (χ2v) is 6.83. The molecule has 1 saturated heterocycles. The molecule has 8 heteroatoms. The van der Waals surface area contributed by atoms with E-state index in [1.807, 2.05) is 19.9 Å². The molecule has 0 aliphatic carbocycles. The number of hydrogen-bond donors (Lipinski definition) is 1. The lowest BCUT2D eigenvalue weighted by Crippen LogP contribution is -2.60. The lowest BCUT2D eigenvalue weighted by atomic mass is 10.1. The minimum atomic E-state index is -0.870. The maximum Gasteiger partial charge on any atom is 0.327 e. The van der Waals surface area contributed by atoms with Crippen LogP contribution in [0.4, 0.5) is 4.79 Å². The molecule has 0 aromatic heterocycles. The Balaban J connectivity index is 1.63. The van der Waals surface area contributed by atoms with Crippen molar-refractivity contribution in [3.05, 3.63) is 23.8 Å². The van der Waals surface area contributed by atoms with Gasteiger partial charge in [0.25, 0.3) is 0 Å². The van der Waals surface area contributed by atoms with Crippen molar-refractivity contribution in [2.24, 2.45) is 0 Å². The molecule has 27 heavy (non-hydrogen) atoms. The van der Waals surface area contributed by atoms with Crippen LogP contribution in [0.2, 0.25) is 0 Å². The van der Waals surface area contributed by atoms with Gasteiger partial charge in [0, 0.05) is 25.6 Å². The highest BCUT2D eigenvalue weighted by Gasteiger charge is 2.39. The number of benzene rings is 1. The summed E-state index contributed by atoms with van der Waals surface area (Å²) in [6, 6.07) is 4.18. The summed E-state index contributed by atoms with van der Waals surface area (Å²) in [7, 11) is 0. The van der Waals surface area contributed by atoms with E-state index in [2.05, 4.69) is 5.32 Å². The van der Waals surface area contributed by atoms with Crippen LogP contribution in [0.25, 0.3) is 0 Å². The van der Waals surface area contributed by atoms with Gasteiger partial charge in [0.15, 0.2) is 11.5 Å². The molecule has 1 aromatic rings. The maximum absolute atomic E-state index is 12.7. The van der Waals surface area contributed by atoms with E-state index in [4.69, 9.17) is 9.47 Å². The van der Waals surface area contributed by atoms with Gasteiger partial charge in [0.1, 0.15) is 6.04 Å². The molecular weight excluding hydrogens is 350 g/mol. The van der Waals surface area contributed by atoms with E-state index in [9.17, 15) is 14.4 Å². The average molecular weight is 375 g/mol. The van der Waals surface area contributed by atoms with Crippen LogP contribution in [0.1, 0.15) is 39.2 Å². The van der Waals surface area contributed by atoms with Gasteiger partial charge in [-0.1, -0.05) is 13.0 Å². The van der Waals surface area contributed by atoms with E-state index in [0.29, 0.717) is 18.0 Å². The molecule has 0 spiro atoms. The molecule has 8 nitrogen and oxygen atoms in total. The summed E-state index contributed by atoms with van der Waals surface area (Å²) in [6.45, 7) is 6.36. The Morgan fingerprint density at radius 2 is 1.96 bits per heavy atom. The van der Waals surface area contributed by atoms with E-state index in [-0.39, 0.29) is 37.6 Å². The number of fused-ring (bicyclic) bond motifs is 1. The molecule has 1 N–H and O–H groups in total. The predicted octanol–water partition coefficient (Wildman–Crippen LogP) is 1.87. The SMILES string of the molecule is CC[C@@H](C)N1CCC(=O)N([C@@H](C)C(=O)NCc2ccc3c(c2)OCO3)C1=O. The van der Waals surface area contributed by atoms with Crippen molar-refractivity contribution in [1.82, 2.24) is 15.1 Å². The summed E-state index contributed by atoms with van der Waals surface area (Å²) in [5.41, 5.74) is 0.845. The van der Waals surface area contributed by atoms with Crippen LogP contribution in [-0.4, -0.2) is 53.1 Å². The van der Waals surface area contributed by atoms with Crippen LogP contribution in [0.5, 0.6) is 11.5 Å². The van der Waals surface area contributed by atoms with Crippen molar-refractivity contribution in [2.75, 3.05) is 13.3 Å². The summed E-state index contributed by atoms with van der Waals surface area (Å²) in [5.74, 6) is 0.624. The molecule has 0 saturated carbocycles. The van der Waals surface area contributed by atoms with Gasteiger partial charge in [-0.05, 0) is 38.0 Å². The Morgan fingerprint density at radius 1 is 1.22 bits per heavy atom. The van der Waals surface area contributed by atoms with Gasteiger partial charge in [-0.25, -0.2) is 4.79 Å². The van der Waals surface area contributed by atoms with Gasteiger partial charge in [0.2, 0.25) is 18.6 Å². The maximum atomic E-state index is 12.7. The highest BCUT2D eigenvalue weighted by Crippen LogP contribution is 2.32. The first-order chi connectivity index (χ1) is 12.9. The third kappa shape index (κ3) is 3.84. The van der Waals surface area contributed by atoms with Crippen LogP contribution >= 0.6 is 0 Å². The van der Waals surface area contributed by atoms with E-state index >= 15 is 0 Å². The number of rotatable bonds is 6. The monoisotopic (exact) mass is 375 g/mol. The quantitative estimate of drug-likeness (QED) is 0.820. The Hall–Kier alpha value is -2.77. The molecule has 0 bridgehead atoms. The first kappa shape index (κ1) is 19.0. The molecule has 4 amide bonds. The van der Waals surface area contributed by atoms with Crippen LogP contribution in [0, 0.1) is 0 Å². The van der Waals surface area contributed by atoms with Gasteiger partial charge in [0.05, 0.1) is 0 Å². The molecule has 2 aliphatic heterocycles. The second-order valence-electron chi connectivity index (χ2n) is 6.83. The number of nitrogens with one attached hydrogen (secondary N) is 1. The highest BCUT2D eigenvalue weighted by molar-refractivity contribution is 6.01. The normalized spacial score (nSPS) is 18.5. The molecular formula is C19H25N3O5. The van der Waals surface area contributed by atoms with Gasteiger partial charge in [-0.15, -0.1) is 0 Å². The minimum Gasteiger partial charge on any atom is -0.454 e. The third-order valence-corrected chi connectivity index (χ3v) is 5.08. The van der Waals surface area contributed by atoms with E-state index in [0.717, 1.165) is 16.9 Å². The van der Waals surface area contributed by atoms with Crippen LogP contribution < -0.4 is 14.8 Å². The highest BCUT2D eigenvalue weighted by atomic mass is 16.7. The topological polar surface area (TPSA) is 88.2 Å². The fourth-order valence-corrected chi connectivity index (χ4v) is 3.19. The fourth-order valence-electron chi connectivity index (χ4n) is 3.19. The fraction of sp³-hybridized carbons (Fsp3) is 0.526. The van der Waals surface area contributed by atoms with Crippen LogP contribution in [0.15, 0.2) is 18.2 Å². The first-order valence-corrected chi connectivity index (χ1v) is 9.21. The first-order valence-electron chi connectivity index (χ1n) is 9.21. The van der Waals surface area contributed by atoms with Crippen LogP contribution in [-0.2, 0) is 16.1 Å². The summed E-state index contributed by atoms with van der Waals surface area (Å²) >= 11 is 0. The third-order valence-electron chi connectivity index (χ3n) is 5.08. The van der Waals surface area contributed by atoms with Crippen molar-refractivity contribution in [1.29, 1.82) is 0 Å². The number of imide groups is 1. The van der Waals surface area contributed by atoms with Gasteiger partial charge < -0.3 is 19.7 Å². The summed E-state index contributed by atoms with van der Waals surface area (Å²) in [4.78, 5) is 40.3. The molecule has 1 fully saturated rings. The van der Waals surface area contributed by atoms with Crippen molar-refractivity contribution >= 4 is 17.8 Å². The lowest BCUT2D eigenvalue weighted by molar-refractivity contribution is -0.139. The molecule has 2 atom stereocenters. The van der Waals surface area contributed by atoms with Crippen molar-refractivity contribution in [3.63, 3.8) is 0 Å². The van der Waals surface area contributed by atoms with E-state index in [1.54, 1.807) is 24.0 Å². The lowest BCUT2D eigenvalue weighted by Gasteiger charge is -2.39. The zero-order valence-corrected chi connectivity index (χ0v) is 15.9. The molecule has 0 radical (unpaired) electrons. The number of carbonyl (C=O) groups is 3. The Morgan fingerprint density at radius 3 is 2.70 bits per heavy atom. The van der Waals surface area contributed by atoms with Gasteiger partial charge in [-0.3, -0.25) is 14.5 Å². The number of urea groups is 1. The number of ether oxygens (including phenoxy) is 2. The molecule has 2 aliphatic rings. The predicted molar refractivity (Wildman–Crippen MR) is 97.2 cm³/mol. The summed E-state index contributed by atoms with van der Waals surface area (Å²) < 4.78 is 10.6. The van der Waals surface area contributed by atoms with Gasteiger partial charge in [-0.2, -0.15) is 0 Å². The smallest absolute Gasteiger partial charge is 0.327 e. The van der Waals surface area contributed by atoms with E-state index in [1.165, 1.54) is 0 Å². The number of hydrogen-bond acceptors (Lipinski definition) is 5. The molecule has 3 rings (SSSR count). The second kappa shape index (κ2) is 7.85. The number of amides is 4. The summed E-state index contributed by atoms with van der Waals surface area (Å²) in [5, 5.41) is 2.79. The molecule has 0 unspecified atom stereocenters. The van der Waals surface area contributed by atoms with E-state index < -0.39 is 12.1 Å². The largest absolute Gasteiger partial charge is 0.454 e. The number of nitrogens with zero attached hydrogens (tertiary/aromatic N) is 2. The van der Waals surface area contributed by atoms with Gasteiger partial charge >= 0.3 is 6.03 Å². The van der Waals surface area contributed by atoms with Crippen molar-refractivity contribution in [3.8, 4) is 11.5 Å². The van der Waals surface area contributed by atoms with Crippen molar-refractivity contribution < 1.29 is 23.9 Å². The van der Waals surface area contributed by atoms with Crippen molar-refractivity contribution in [2.45, 2.75) is 52.2 Å². The Bertz CT molecular complexity index is 751. The molecule has 2 heterocycles. The average Bonchev–Trinajstić information content (AvgIpc) is 3.13. The molecule has 1 aromatic carbocycles. The Kier molecular flexibility index (Phi) is 5.53. The summed E-state index contributed by atoms with van der Waals surface area (Å²) in [6.07, 6.45) is 1.02. The minimum absolute atomic E-state index is 0.0250. The standard InChI is InChI=1S/C19H25N3O5/c1-4-12(2)21-8-7-17(23)22(19(21)25)13(3)18(24)20-10-14-5-6-15-16(9-14)27-11-26-15/h5-6,9,12-13H,4,7-8,10-11H2,1-3H3,(H,20,24)/t12-,13+/m1/s1. The zero-order valence-electron chi connectivity index (χ0n) is 15.9. The number of carbonyl (C=O) groups excluding carboxylic acids is 3. The molecule has 146 valence electrons. The Labute approximate surface area is 158 Å². The van der Waals surface area contributed by atoms with Crippen LogP contribution in [0.3, 0.4) is 0 Å².